The zero-order valence-corrected chi connectivity index (χ0v) is 16.5. The van der Waals surface area contributed by atoms with Crippen molar-refractivity contribution in [3.8, 4) is 0 Å². The predicted octanol–water partition coefficient (Wildman–Crippen LogP) is 4.99. The molecule has 0 saturated heterocycles. The summed E-state index contributed by atoms with van der Waals surface area (Å²) in [5.41, 5.74) is 4.73. The number of amides is 1. The SMILES string of the molecule is Cc1ccc(N(Cc2cc3cc(C)ccc3[nH]c2=O)C(=O)c2ccccc2)cc1. The molecule has 0 aliphatic rings. The van der Waals surface area contributed by atoms with Gasteiger partial charge in [0.05, 0.1) is 6.54 Å². The number of H-pyrrole nitrogens is 1. The summed E-state index contributed by atoms with van der Waals surface area (Å²) in [7, 11) is 0. The largest absolute Gasteiger partial charge is 0.322 e. The number of pyridine rings is 1. The highest BCUT2D eigenvalue weighted by Crippen LogP contribution is 2.21. The number of fused-ring (bicyclic) bond motifs is 1. The molecule has 4 nitrogen and oxygen atoms in total. The quantitative estimate of drug-likeness (QED) is 0.540. The van der Waals surface area contributed by atoms with E-state index in [1.807, 2.05) is 80.6 Å². The maximum absolute atomic E-state index is 13.3. The first-order valence-corrected chi connectivity index (χ1v) is 9.57. The Hall–Kier alpha value is -3.66. The van der Waals surface area contributed by atoms with E-state index < -0.39 is 0 Å². The summed E-state index contributed by atoms with van der Waals surface area (Å²) in [5, 5.41) is 0.954. The molecule has 0 atom stereocenters. The number of aryl methyl sites for hydroxylation is 2. The van der Waals surface area contributed by atoms with Crippen molar-refractivity contribution in [3.05, 3.63) is 111 Å². The number of nitrogens with zero attached hydrogens (tertiary/aromatic N) is 1. The highest BCUT2D eigenvalue weighted by Gasteiger charge is 2.19. The zero-order chi connectivity index (χ0) is 20.4. The third kappa shape index (κ3) is 3.97. The van der Waals surface area contributed by atoms with Crippen LogP contribution < -0.4 is 10.5 Å². The van der Waals surface area contributed by atoms with Crippen molar-refractivity contribution in [1.82, 2.24) is 4.98 Å². The first-order valence-electron chi connectivity index (χ1n) is 9.57. The number of hydrogen-bond acceptors (Lipinski definition) is 2. The molecule has 0 unspecified atom stereocenters. The number of hydrogen-bond donors (Lipinski definition) is 1. The molecule has 0 bridgehead atoms. The van der Waals surface area contributed by atoms with Crippen LogP contribution >= 0.6 is 0 Å². The Labute approximate surface area is 169 Å². The topological polar surface area (TPSA) is 53.2 Å². The minimum absolute atomic E-state index is 0.141. The number of carbonyl (C=O) groups is 1. The molecule has 4 aromatic rings. The summed E-state index contributed by atoms with van der Waals surface area (Å²) in [4.78, 5) is 30.6. The Morgan fingerprint density at radius 2 is 1.55 bits per heavy atom. The van der Waals surface area contributed by atoms with Gasteiger partial charge in [-0.3, -0.25) is 9.59 Å². The van der Waals surface area contributed by atoms with Crippen LogP contribution in [0.2, 0.25) is 0 Å². The Bertz CT molecular complexity index is 1230. The lowest BCUT2D eigenvalue weighted by molar-refractivity contribution is 0.0985. The van der Waals surface area contributed by atoms with Crippen LogP contribution in [0.3, 0.4) is 0 Å². The molecule has 1 N–H and O–H groups in total. The van der Waals surface area contributed by atoms with E-state index in [4.69, 9.17) is 0 Å². The van der Waals surface area contributed by atoms with E-state index in [9.17, 15) is 9.59 Å². The van der Waals surface area contributed by atoms with E-state index in [1.165, 1.54) is 0 Å². The normalized spacial score (nSPS) is 10.8. The second kappa shape index (κ2) is 7.76. The van der Waals surface area contributed by atoms with E-state index in [2.05, 4.69) is 4.98 Å². The number of carbonyl (C=O) groups excluding carboxylic acids is 1. The molecule has 0 spiro atoms. The highest BCUT2D eigenvalue weighted by molar-refractivity contribution is 6.06. The van der Waals surface area contributed by atoms with Gasteiger partial charge in [-0.15, -0.1) is 0 Å². The van der Waals surface area contributed by atoms with Gasteiger partial charge in [0.15, 0.2) is 0 Å². The molecule has 29 heavy (non-hydrogen) atoms. The highest BCUT2D eigenvalue weighted by atomic mass is 16.2. The minimum Gasteiger partial charge on any atom is -0.322 e. The van der Waals surface area contributed by atoms with Gasteiger partial charge >= 0.3 is 0 Å². The average molecular weight is 382 g/mol. The molecule has 0 aliphatic heterocycles. The van der Waals surface area contributed by atoms with E-state index >= 15 is 0 Å². The number of rotatable bonds is 4. The van der Waals surface area contributed by atoms with Crippen LogP contribution in [0.1, 0.15) is 27.0 Å². The Balaban J connectivity index is 1.78. The van der Waals surface area contributed by atoms with Gasteiger partial charge in [-0.2, -0.15) is 0 Å². The number of anilines is 1. The fourth-order valence-electron chi connectivity index (χ4n) is 3.40. The fraction of sp³-hybridized carbons (Fsp3) is 0.120. The number of nitrogens with one attached hydrogen (secondary N) is 1. The maximum atomic E-state index is 13.3. The van der Waals surface area contributed by atoms with Gasteiger partial charge in [-0.25, -0.2) is 0 Å². The molecule has 3 aromatic carbocycles. The molecule has 1 heterocycles. The number of aromatic amines is 1. The van der Waals surface area contributed by atoms with Crippen molar-refractivity contribution in [2.45, 2.75) is 20.4 Å². The monoisotopic (exact) mass is 382 g/mol. The van der Waals surface area contributed by atoms with Crippen molar-refractivity contribution in [2.24, 2.45) is 0 Å². The number of aromatic nitrogens is 1. The van der Waals surface area contributed by atoms with Crippen LogP contribution in [0.5, 0.6) is 0 Å². The summed E-state index contributed by atoms with van der Waals surface area (Å²) >= 11 is 0. The standard InChI is InChI=1S/C25H22N2O2/c1-17-8-11-22(12-9-17)27(25(29)19-6-4-3-5-7-19)16-21-15-20-14-18(2)10-13-23(20)26-24(21)28/h3-15H,16H2,1-2H3,(H,26,28). The van der Waals surface area contributed by atoms with Crippen LogP contribution in [0.25, 0.3) is 10.9 Å². The average Bonchev–Trinajstić information content (AvgIpc) is 2.73. The van der Waals surface area contributed by atoms with Crippen molar-refractivity contribution in [2.75, 3.05) is 4.90 Å². The summed E-state index contributed by atoms with van der Waals surface area (Å²) < 4.78 is 0. The van der Waals surface area contributed by atoms with E-state index in [0.717, 1.165) is 27.7 Å². The Kier molecular flexibility index (Phi) is 5.00. The molecule has 0 radical (unpaired) electrons. The lowest BCUT2D eigenvalue weighted by Gasteiger charge is -2.23. The first-order chi connectivity index (χ1) is 14.0. The van der Waals surface area contributed by atoms with Gasteiger partial charge < -0.3 is 9.88 Å². The van der Waals surface area contributed by atoms with Crippen molar-refractivity contribution < 1.29 is 4.79 Å². The maximum Gasteiger partial charge on any atom is 0.258 e. The third-order valence-electron chi connectivity index (χ3n) is 5.02. The lowest BCUT2D eigenvalue weighted by atomic mass is 10.1. The summed E-state index contributed by atoms with van der Waals surface area (Å²) in [5.74, 6) is -0.141. The second-order valence-corrected chi connectivity index (χ2v) is 7.31. The van der Waals surface area contributed by atoms with Gasteiger partial charge in [0, 0.05) is 22.3 Å². The second-order valence-electron chi connectivity index (χ2n) is 7.31. The Morgan fingerprint density at radius 1 is 0.862 bits per heavy atom. The summed E-state index contributed by atoms with van der Waals surface area (Å²) in [6, 6.07) is 24.7. The molecular formula is C25H22N2O2. The van der Waals surface area contributed by atoms with Gasteiger partial charge in [-0.05, 0) is 61.7 Å². The third-order valence-corrected chi connectivity index (χ3v) is 5.02. The lowest BCUT2D eigenvalue weighted by Crippen LogP contribution is -2.32. The Morgan fingerprint density at radius 3 is 2.28 bits per heavy atom. The van der Waals surface area contributed by atoms with Gasteiger partial charge in [-0.1, -0.05) is 47.5 Å². The molecular weight excluding hydrogens is 360 g/mol. The minimum atomic E-state index is -0.181. The van der Waals surface area contributed by atoms with Crippen LogP contribution in [0, 0.1) is 13.8 Å². The zero-order valence-electron chi connectivity index (χ0n) is 16.5. The van der Waals surface area contributed by atoms with Crippen LogP contribution in [0.4, 0.5) is 5.69 Å². The van der Waals surface area contributed by atoms with Crippen LogP contribution in [-0.2, 0) is 6.54 Å². The molecule has 1 amide bonds. The first kappa shape index (κ1) is 18.7. The molecule has 0 aliphatic carbocycles. The van der Waals surface area contributed by atoms with Crippen LogP contribution in [-0.4, -0.2) is 10.9 Å². The van der Waals surface area contributed by atoms with Gasteiger partial charge in [0.25, 0.3) is 11.5 Å². The van der Waals surface area contributed by atoms with E-state index in [-0.39, 0.29) is 18.0 Å². The predicted molar refractivity (Wildman–Crippen MR) is 117 cm³/mol. The van der Waals surface area contributed by atoms with E-state index in [0.29, 0.717) is 11.1 Å². The number of benzene rings is 3. The van der Waals surface area contributed by atoms with Crippen LogP contribution in [0.15, 0.2) is 83.7 Å². The van der Waals surface area contributed by atoms with E-state index in [1.54, 1.807) is 17.0 Å². The van der Waals surface area contributed by atoms with Crippen molar-refractivity contribution in [3.63, 3.8) is 0 Å². The molecule has 1 aromatic heterocycles. The molecule has 4 rings (SSSR count). The molecule has 144 valence electrons. The fourth-order valence-corrected chi connectivity index (χ4v) is 3.40. The van der Waals surface area contributed by atoms with Gasteiger partial charge in [0.2, 0.25) is 0 Å². The summed E-state index contributed by atoms with van der Waals surface area (Å²) in [6.45, 7) is 4.21. The molecule has 4 heteroatoms. The van der Waals surface area contributed by atoms with Crippen molar-refractivity contribution in [1.29, 1.82) is 0 Å². The smallest absolute Gasteiger partial charge is 0.258 e. The van der Waals surface area contributed by atoms with Crippen molar-refractivity contribution >= 4 is 22.5 Å². The molecule has 0 saturated carbocycles. The summed E-state index contributed by atoms with van der Waals surface area (Å²) in [6.07, 6.45) is 0. The van der Waals surface area contributed by atoms with Gasteiger partial charge in [0.1, 0.15) is 0 Å². The molecule has 0 fully saturated rings.